The SMILES string of the molecule is ClCc1cc2ccccc2nc1-n1cncn1. The second-order valence-corrected chi connectivity index (χ2v) is 3.90. The highest BCUT2D eigenvalue weighted by Gasteiger charge is 2.08. The van der Waals surface area contributed by atoms with E-state index in [1.54, 1.807) is 11.0 Å². The van der Waals surface area contributed by atoms with Crippen molar-refractivity contribution >= 4 is 22.5 Å². The number of benzene rings is 1. The Balaban J connectivity index is 2.29. The van der Waals surface area contributed by atoms with E-state index < -0.39 is 0 Å². The number of hydrogen-bond donors (Lipinski definition) is 0. The molecule has 0 bridgehead atoms. The molecule has 5 heteroatoms. The fourth-order valence-electron chi connectivity index (χ4n) is 1.76. The molecule has 3 aromatic rings. The number of aromatic nitrogens is 4. The van der Waals surface area contributed by atoms with E-state index in [0.717, 1.165) is 22.3 Å². The molecule has 3 rings (SSSR count). The van der Waals surface area contributed by atoms with Gasteiger partial charge in [-0.05, 0) is 12.1 Å². The molecule has 0 amide bonds. The maximum Gasteiger partial charge on any atom is 0.160 e. The average Bonchev–Trinajstić information content (AvgIpc) is 2.91. The van der Waals surface area contributed by atoms with Gasteiger partial charge in [-0.2, -0.15) is 5.10 Å². The van der Waals surface area contributed by atoms with Crippen molar-refractivity contribution in [3.05, 3.63) is 48.5 Å². The lowest BCUT2D eigenvalue weighted by molar-refractivity contribution is 0.840. The molecule has 0 N–H and O–H groups in total. The Hall–Kier alpha value is -1.94. The third-order valence-electron chi connectivity index (χ3n) is 2.56. The van der Waals surface area contributed by atoms with Gasteiger partial charge in [0.2, 0.25) is 0 Å². The van der Waals surface area contributed by atoms with Crippen LogP contribution >= 0.6 is 11.6 Å². The van der Waals surface area contributed by atoms with Gasteiger partial charge in [0.15, 0.2) is 5.82 Å². The van der Waals surface area contributed by atoms with Crippen molar-refractivity contribution in [2.75, 3.05) is 0 Å². The molecule has 0 atom stereocenters. The minimum Gasteiger partial charge on any atom is -0.228 e. The normalized spacial score (nSPS) is 10.9. The summed E-state index contributed by atoms with van der Waals surface area (Å²) >= 11 is 5.95. The summed E-state index contributed by atoms with van der Waals surface area (Å²) in [7, 11) is 0. The molecule has 0 unspecified atom stereocenters. The summed E-state index contributed by atoms with van der Waals surface area (Å²) in [6.45, 7) is 0. The zero-order valence-electron chi connectivity index (χ0n) is 8.92. The topological polar surface area (TPSA) is 43.6 Å². The summed E-state index contributed by atoms with van der Waals surface area (Å²) in [5, 5.41) is 5.16. The minimum atomic E-state index is 0.396. The van der Waals surface area contributed by atoms with Crippen molar-refractivity contribution in [1.82, 2.24) is 19.7 Å². The zero-order chi connectivity index (χ0) is 11.7. The van der Waals surface area contributed by atoms with Crippen LogP contribution in [0.15, 0.2) is 43.0 Å². The molecule has 2 heterocycles. The van der Waals surface area contributed by atoms with Gasteiger partial charge in [0, 0.05) is 10.9 Å². The van der Waals surface area contributed by atoms with Crippen LogP contribution in [0, 0.1) is 0 Å². The molecule has 17 heavy (non-hydrogen) atoms. The lowest BCUT2D eigenvalue weighted by atomic mass is 10.1. The number of halogens is 1. The molecule has 2 aromatic heterocycles. The van der Waals surface area contributed by atoms with E-state index in [0.29, 0.717) is 5.88 Å². The van der Waals surface area contributed by atoms with Gasteiger partial charge >= 0.3 is 0 Å². The van der Waals surface area contributed by atoms with Gasteiger partial charge < -0.3 is 0 Å². The number of nitrogens with zero attached hydrogens (tertiary/aromatic N) is 4. The Bertz CT molecular complexity index is 649. The first-order valence-electron chi connectivity index (χ1n) is 5.18. The van der Waals surface area contributed by atoms with Crippen LogP contribution in [0.3, 0.4) is 0 Å². The molecular formula is C12H9ClN4. The first-order chi connectivity index (χ1) is 8.38. The van der Waals surface area contributed by atoms with Crippen LogP contribution in [0.4, 0.5) is 0 Å². The Morgan fingerprint density at radius 3 is 2.88 bits per heavy atom. The van der Waals surface area contributed by atoms with Crippen molar-refractivity contribution in [3.8, 4) is 5.82 Å². The number of rotatable bonds is 2. The third-order valence-corrected chi connectivity index (χ3v) is 2.85. The summed E-state index contributed by atoms with van der Waals surface area (Å²) in [6.07, 6.45) is 3.10. The molecule has 84 valence electrons. The second kappa shape index (κ2) is 4.14. The summed E-state index contributed by atoms with van der Waals surface area (Å²) in [5.74, 6) is 1.13. The predicted octanol–water partition coefficient (Wildman–Crippen LogP) is 2.55. The summed E-state index contributed by atoms with van der Waals surface area (Å²) in [5.41, 5.74) is 1.86. The second-order valence-electron chi connectivity index (χ2n) is 3.64. The van der Waals surface area contributed by atoms with Gasteiger partial charge in [0.1, 0.15) is 12.7 Å². The number of para-hydroxylation sites is 1. The highest BCUT2D eigenvalue weighted by molar-refractivity contribution is 6.17. The minimum absolute atomic E-state index is 0.396. The lowest BCUT2D eigenvalue weighted by Gasteiger charge is -2.07. The monoisotopic (exact) mass is 244 g/mol. The van der Waals surface area contributed by atoms with Crippen LogP contribution in [-0.2, 0) is 5.88 Å². The van der Waals surface area contributed by atoms with Gasteiger partial charge in [-0.3, -0.25) is 0 Å². The van der Waals surface area contributed by atoms with Crippen LogP contribution in [0.2, 0.25) is 0 Å². The number of pyridine rings is 1. The van der Waals surface area contributed by atoms with Crippen molar-refractivity contribution in [2.24, 2.45) is 0 Å². The molecule has 4 nitrogen and oxygen atoms in total. The van der Waals surface area contributed by atoms with Crippen molar-refractivity contribution in [1.29, 1.82) is 0 Å². The standard InChI is InChI=1S/C12H9ClN4/c13-6-10-5-9-3-1-2-4-11(9)16-12(10)17-8-14-7-15-17/h1-5,7-8H,6H2. The first kappa shape index (κ1) is 10.2. The Labute approximate surface area is 103 Å². The van der Waals surface area contributed by atoms with E-state index >= 15 is 0 Å². The Morgan fingerprint density at radius 1 is 1.24 bits per heavy atom. The van der Waals surface area contributed by atoms with Gasteiger partial charge in [-0.25, -0.2) is 14.6 Å². The van der Waals surface area contributed by atoms with E-state index in [4.69, 9.17) is 11.6 Å². The molecule has 0 radical (unpaired) electrons. The Kier molecular flexibility index (Phi) is 2.49. The van der Waals surface area contributed by atoms with Gasteiger partial charge in [0.25, 0.3) is 0 Å². The van der Waals surface area contributed by atoms with Gasteiger partial charge in [0.05, 0.1) is 11.4 Å². The van der Waals surface area contributed by atoms with Crippen LogP contribution in [0.25, 0.3) is 16.7 Å². The molecule has 0 aliphatic heterocycles. The number of fused-ring (bicyclic) bond motifs is 1. The van der Waals surface area contributed by atoms with Gasteiger partial charge in [-0.15, -0.1) is 11.6 Å². The highest BCUT2D eigenvalue weighted by Crippen LogP contribution is 2.20. The van der Waals surface area contributed by atoms with Gasteiger partial charge in [-0.1, -0.05) is 18.2 Å². The molecule has 0 spiro atoms. The quantitative estimate of drug-likeness (QED) is 0.651. The van der Waals surface area contributed by atoms with Crippen molar-refractivity contribution < 1.29 is 0 Å². The maximum atomic E-state index is 5.95. The molecule has 0 saturated carbocycles. The first-order valence-corrected chi connectivity index (χ1v) is 5.71. The largest absolute Gasteiger partial charge is 0.228 e. The molecular weight excluding hydrogens is 236 g/mol. The third kappa shape index (κ3) is 1.76. The van der Waals surface area contributed by atoms with Crippen molar-refractivity contribution in [2.45, 2.75) is 5.88 Å². The molecule has 0 aliphatic carbocycles. The number of alkyl halides is 1. The molecule has 0 saturated heterocycles. The lowest BCUT2D eigenvalue weighted by Crippen LogP contribution is -2.02. The zero-order valence-corrected chi connectivity index (χ0v) is 9.67. The smallest absolute Gasteiger partial charge is 0.160 e. The van der Waals surface area contributed by atoms with Crippen LogP contribution in [-0.4, -0.2) is 19.7 Å². The van der Waals surface area contributed by atoms with E-state index in [-0.39, 0.29) is 0 Å². The summed E-state index contributed by atoms with van der Waals surface area (Å²) in [6, 6.07) is 9.96. The molecule has 0 aliphatic rings. The number of hydrogen-bond acceptors (Lipinski definition) is 3. The van der Waals surface area contributed by atoms with Crippen molar-refractivity contribution in [3.63, 3.8) is 0 Å². The van der Waals surface area contributed by atoms with Crippen LogP contribution in [0.5, 0.6) is 0 Å². The molecule has 0 fully saturated rings. The van der Waals surface area contributed by atoms with E-state index in [9.17, 15) is 0 Å². The van der Waals surface area contributed by atoms with E-state index in [2.05, 4.69) is 15.1 Å². The fraction of sp³-hybridized carbons (Fsp3) is 0.0833. The highest BCUT2D eigenvalue weighted by atomic mass is 35.5. The van der Waals surface area contributed by atoms with E-state index in [1.165, 1.54) is 6.33 Å². The van der Waals surface area contributed by atoms with Crippen LogP contribution in [0.1, 0.15) is 5.56 Å². The Morgan fingerprint density at radius 2 is 2.12 bits per heavy atom. The summed E-state index contributed by atoms with van der Waals surface area (Å²) in [4.78, 5) is 8.49. The fourth-order valence-corrected chi connectivity index (χ4v) is 1.96. The van der Waals surface area contributed by atoms with Crippen LogP contribution < -0.4 is 0 Å². The molecule has 1 aromatic carbocycles. The summed E-state index contributed by atoms with van der Waals surface area (Å²) < 4.78 is 1.63. The average molecular weight is 245 g/mol. The maximum absolute atomic E-state index is 5.95. The van der Waals surface area contributed by atoms with E-state index in [1.807, 2.05) is 30.3 Å². The predicted molar refractivity (Wildman–Crippen MR) is 66.2 cm³/mol.